The summed E-state index contributed by atoms with van der Waals surface area (Å²) in [5, 5.41) is 4.18. The van der Waals surface area contributed by atoms with Gasteiger partial charge in [-0.1, -0.05) is 109 Å². The van der Waals surface area contributed by atoms with Gasteiger partial charge in [0.15, 0.2) is 21.7 Å². The van der Waals surface area contributed by atoms with E-state index in [2.05, 4.69) is 33.1 Å². The highest BCUT2D eigenvalue weighted by Gasteiger charge is 2.23. The van der Waals surface area contributed by atoms with E-state index >= 15 is 0 Å². The lowest BCUT2D eigenvalue weighted by atomic mass is 9.85. The van der Waals surface area contributed by atoms with E-state index in [1.165, 1.54) is 0 Å². The van der Waals surface area contributed by atoms with Crippen molar-refractivity contribution in [2.75, 3.05) is 0 Å². The lowest BCUT2D eigenvalue weighted by Crippen LogP contribution is -2.14. The lowest BCUT2D eigenvalue weighted by Gasteiger charge is -2.20. The monoisotopic (exact) mass is 770 g/mol. The Bertz CT molecular complexity index is 3810. The number of fused-ring (bicyclic) bond motifs is 8. The molecule has 6 heteroatoms. The zero-order valence-electron chi connectivity index (χ0n) is 31.8. The van der Waals surface area contributed by atoms with Crippen LogP contribution < -0.4 is 21.7 Å². The van der Waals surface area contributed by atoms with Crippen molar-refractivity contribution >= 4 is 87.3 Å². The Morgan fingerprint density at radius 3 is 0.983 bits per heavy atom. The van der Waals surface area contributed by atoms with Crippen LogP contribution in [0.1, 0.15) is 22.3 Å². The van der Waals surface area contributed by atoms with Crippen LogP contribution in [0.2, 0.25) is 0 Å². The number of hydrogen-bond donors (Lipinski definition) is 0. The van der Waals surface area contributed by atoms with Gasteiger partial charge in [-0.15, -0.1) is 0 Å². The number of benzene rings is 8. The molecule has 0 N–H and O–H groups in total. The fraction of sp³-hybridized carbons (Fsp3) is 0. The molecule has 0 aliphatic rings. The first-order valence-corrected chi connectivity index (χ1v) is 19.8. The molecule has 280 valence electrons. The van der Waals surface area contributed by atoms with Crippen LogP contribution in [0.4, 0.5) is 0 Å². The number of pyridine rings is 4. The maximum Gasteiger partial charge on any atom is 0.197 e. The van der Waals surface area contributed by atoms with E-state index in [-0.39, 0.29) is 21.7 Å². The van der Waals surface area contributed by atoms with Crippen LogP contribution >= 0.6 is 0 Å². The van der Waals surface area contributed by atoms with Crippen molar-refractivity contribution in [3.05, 3.63) is 245 Å². The van der Waals surface area contributed by atoms with Crippen molar-refractivity contribution < 1.29 is 0 Å². The van der Waals surface area contributed by atoms with Crippen LogP contribution in [-0.4, -0.2) is 8.80 Å². The number of aromatic nitrogens is 2. The third-order valence-electron chi connectivity index (χ3n) is 12.2. The van der Waals surface area contributed by atoms with E-state index in [4.69, 9.17) is 0 Å². The maximum absolute atomic E-state index is 14.7. The summed E-state index contributed by atoms with van der Waals surface area (Å²) in [5.74, 6) is 0. The minimum atomic E-state index is -0.154. The van der Waals surface area contributed by atoms with Crippen molar-refractivity contribution in [1.29, 1.82) is 0 Å². The van der Waals surface area contributed by atoms with Gasteiger partial charge in [0.1, 0.15) is 0 Å². The fourth-order valence-corrected chi connectivity index (χ4v) is 9.60. The molecule has 0 aliphatic carbocycles. The van der Waals surface area contributed by atoms with Crippen LogP contribution in [0.3, 0.4) is 0 Å². The first-order valence-electron chi connectivity index (χ1n) is 19.8. The standard InChI is InChI=1S/C54H30N2O4/c57-51-35-17-7-9-23-43(35)55-45-27-25-33(29-41(45)53(59)39-21-11-19-37(51)49(39)55)47(31-13-3-1-4-14-31)48(32-15-5-2-6-16-32)34-26-28-46-42(30-34)54(60)40-22-12-20-38-50(40)56(46)44-24-10-8-18-36(44)52(38)58/h1-30H/b48-47-. The predicted molar refractivity (Wildman–Crippen MR) is 245 cm³/mol. The van der Waals surface area contributed by atoms with Gasteiger partial charge in [-0.25, -0.2) is 0 Å². The Hall–Kier alpha value is -8.22. The molecule has 0 saturated carbocycles. The van der Waals surface area contributed by atoms with Crippen LogP contribution in [0, 0.1) is 0 Å². The van der Waals surface area contributed by atoms with E-state index in [0.29, 0.717) is 65.2 Å². The highest BCUT2D eigenvalue weighted by molar-refractivity contribution is 6.12. The largest absolute Gasteiger partial charge is 0.308 e. The molecule has 0 radical (unpaired) electrons. The van der Waals surface area contributed by atoms with Gasteiger partial charge in [-0.2, -0.15) is 0 Å². The van der Waals surface area contributed by atoms with Crippen LogP contribution in [0.5, 0.6) is 0 Å². The molecule has 6 nitrogen and oxygen atoms in total. The highest BCUT2D eigenvalue weighted by atomic mass is 16.1. The smallest absolute Gasteiger partial charge is 0.197 e. The molecule has 4 aromatic heterocycles. The van der Waals surface area contributed by atoms with Gasteiger partial charge in [0.05, 0.1) is 33.1 Å². The molecule has 0 saturated heterocycles. The zero-order valence-corrected chi connectivity index (χ0v) is 31.8. The molecule has 0 bridgehead atoms. The van der Waals surface area contributed by atoms with Crippen LogP contribution in [0.15, 0.2) is 201 Å². The summed E-state index contributed by atoms with van der Waals surface area (Å²) in [5.41, 5.74) is 8.86. The summed E-state index contributed by atoms with van der Waals surface area (Å²) in [7, 11) is 0. The molecular weight excluding hydrogens is 741 g/mol. The molecule has 0 spiro atoms. The van der Waals surface area contributed by atoms with Crippen molar-refractivity contribution in [3.63, 3.8) is 0 Å². The quantitative estimate of drug-likeness (QED) is 0.101. The Morgan fingerprint density at radius 2 is 0.583 bits per heavy atom. The van der Waals surface area contributed by atoms with Gasteiger partial charge < -0.3 is 8.80 Å². The van der Waals surface area contributed by atoms with Crippen molar-refractivity contribution in [1.82, 2.24) is 8.80 Å². The van der Waals surface area contributed by atoms with Gasteiger partial charge >= 0.3 is 0 Å². The van der Waals surface area contributed by atoms with Crippen molar-refractivity contribution in [2.24, 2.45) is 0 Å². The molecule has 12 aromatic rings. The Balaban J connectivity index is 1.22. The van der Waals surface area contributed by atoms with E-state index in [1.54, 1.807) is 36.4 Å². The second kappa shape index (κ2) is 12.6. The van der Waals surface area contributed by atoms with Gasteiger partial charge in [0.25, 0.3) is 0 Å². The van der Waals surface area contributed by atoms with Gasteiger partial charge in [0, 0.05) is 43.1 Å². The van der Waals surface area contributed by atoms with E-state index in [0.717, 1.165) is 44.4 Å². The average Bonchev–Trinajstić information content (AvgIpc) is 3.30. The third kappa shape index (κ3) is 4.64. The van der Waals surface area contributed by atoms with Crippen molar-refractivity contribution in [3.8, 4) is 0 Å². The van der Waals surface area contributed by atoms with Crippen LogP contribution in [-0.2, 0) is 0 Å². The zero-order chi connectivity index (χ0) is 40.2. The van der Waals surface area contributed by atoms with E-state index < -0.39 is 0 Å². The number of rotatable bonds is 4. The summed E-state index contributed by atoms with van der Waals surface area (Å²) in [6, 6.07) is 58.1. The summed E-state index contributed by atoms with van der Waals surface area (Å²) in [6.45, 7) is 0. The Labute approximate surface area is 340 Å². The first kappa shape index (κ1) is 33.9. The summed E-state index contributed by atoms with van der Waals surface area (Å²) in [4.78, 5) is 56.8. The molecule has 0 fully saturated rings. The normalized spacial score (nSPS) is 12.5. The minimum Gasteiger partial charge on any atom is -0.308 e. The van der Waals surface area contributed by atoms with Crippen LogP contribution in [0.25, 0.3) is 87.3 Å². The molecule has 0 unspecified atom stereocenters. The van der Waals surface area contributed by atoms with E-state index in [1.807, 2.05) is 121 Å². The molecule has 0 amide bonds. The SMILES string of the molecule is O=c1c2ccccc2n2c3ccc(/C(=C(/c4ccccc4)c4ccc5c(c4)c(=O)c4cccc6c(=O)c7ccccc7n5c64)c4ccccc4)cc3c(=O)c3cccc1c32. The third-order valence-corrected chi connectivity index (χ3v) is 12.2. The maximum atomic E-state index is 14.7. The highest BCUT2D eigenvalue weighted by Crippen LogP contribution is 2.39. The second-order valence-corrected chi connectivity index (χ2v) is 15.4. The second-order valence-electron chi connectivity index (χ2n) is 15.4. The molecular formula is C54H30N2O4. The minimum absolute atomic E-state index is 0.0983. The number of para-hydroxylation sites is 4. The number of hydrogen-bond acceptors (Lipinski definition) is 4. The van der Waals surface area contributed by atoms with Gasteiger partial charge in [0.2, 0.25) is 0 Å². The molecule has 12 rings (SSSR count). The molecule has 60 heavy (non-hydrogen) atoms. The molecule has 8 aromatic carbocycles. The van der Waals surface area contributed by atoms with Gasteiger partial charge in [-0.05, 0) is 106 Å². The Morgan fingerprint density at radius 1 is 0.267 bits per heavy atom. The summed E-state index contributed by atoms with van der Waals surface area (Å²) >= 11 is 0. The fourth-order valence-electron chi connectivity index (χ4n) is 9.60. The van der Waals surface area contributed by atoms with Crippen molar-refractivity contribution in [2.45, 2.75) is 0 Å². The van der Waals surface area contributed by atoms with Gasteiger partial charge in [-0.3, -0.25) is 19.2 Å². The summed E-state index contributed by atoms with van der Waals surface area (Å²) < 4.78 is 4.10. The average molecular weight is 771 g/mol. The topological polar surface area (TPSA) is 77.1 Å². The van der Waals surface area contributed by atoms with E-state index in [9.17, 15) is 19.2 Å². The molecule has 0 atom stereocenters. The lowest BCUT2D eigenvalue weighted by molar-refractivity contribution is 1.30. The predicted octanol–water partition coefficient (Wildman–Crippen LogP) is 10.4. The molecule has 0 aliphatic heterocycles. The summed E-state index contributed by atoms with van der Waals surface area (Å²) in [6.07, 6.45) is 0. The first-order chi connectivity index (χ1) is 29.5. The Kier molecular flexibility index (Phi) is 7.14. The molecule has 4 heterocycles. The number of nitrogens with zero attached hydrogens (tertiary/aromatic N) is 2.